The third-order valence-electron chi connectivity index (χ3n) is 4.10. The van der Waals surface area contributed by atoms with Crippen molar-refractivity contribution in [2.45, 2.75) is 37.1 Å². The van der Waals surface area contributed by atoms with Crippen molar-refractivity contribution in [2.24, 2.45) is 0 Å². The molecule has 0 saturated heterocycles. The zero-order valence-electron chi connectivity index (χ0n) is 15.1. The van der Waals surface area contributed by atoms with Crippen LogP contribution in [0.15, 0.2) is 53.7 Å². The molecule has 6 heteroatoms. The highest BCUT2D eigenvalue weighted by Gasteiger charge is 2.16. The maximum atomic E-state index is 8.99. The van der Waals surface area contributed by atoms with Crippen LogP contribution < -0.4 is 5.84 Å². The monoisotopic (exact) mass is 363 g/mol. The number of nitrogens with zero attached hydrogens (tertiary/aromatic N) is 4. The summed E-state index contributed by atoms with van der Waals surface area (Å²) >= 11 is 1.50. The Balaban J connectivity index is 1.76. The van der Waals surface area contributed by atoms with Gasteiger partial charge < -0.3 is 5.84 Å². The van der Waals surface area contributed by atoms with Gasteiger partial charge in [-0.2, -0.15) is 5.26 Å². The van der Waals surface area contributed by atoms with Gasteiger partial charge in [0.15, 0.2) is 5.82 Å². The van der Waals surface area contributed by atoms with Gasteiger partial charge in [-0.1, -0.05) is 68.9 Å². The van der Waals surface area contributed by atoms with Crippen LogP contribution in [0.5, 0.6) is 0 Å². The Hall–Kier alpha value is -2.78. The lowest BCUT2D eigenvalue weighted by Crippen LogP contribution is -2.12. The molecule has 5 nitrogen and oxygen atoms in total. The SMILES string of the molecule is CC(C)(C)c1ccc(-c2nnc(SCc3cccc(C#N)c3)n2N)cc1. The van der Waals surface area contributed by atoms with Crippen LogP contribution in [0.2, 0.25) is 0 Å². The second-order valence-corrected chi connectivity index (χ2v) is 8.05. The molecule has 0 radical (unpaired) electrons. The summed E-state index contributed by atoms with van der Waals surface area (Å²) in [6, 6.07) is 17.9. The number of thioether (sulfide) groups is 1. The van der Waals surface area contributed by atoms with Gasteiger partial charge in [0, 0.05) is 11.3 Å². The molecule has 0 fully saturated rings. The number of nitrogens with two attached hydrogens (primary N) is 1. The van der Waals surface area contributed by atoms with Crippen molar-refractivity contribution < 1.29 is 0 Å². The molecule has 0 spiro atoms. The van der Waals surface area contributed by atoms with Gasteiger partial charge in [0.2, 0.25) is 5.16 Å². The molecule has 3 aromatic rings. The normalized spacial score (nSPS) is 11.3. The second-order valence-electron chi connectivity index (χ2n) is 7.10. The van der Waals surface area contributed by atoms with Crippen molar-refractivity contribution in [3.8, 4) is 17.5 Å². The quantitative estimate of drug-likeness (QED) is 0.557. The molecule has 0 aliphatic rings. The van der Waals surface area contributed by atoms with E-state index in [0.717, 1.165) is 11.1 Å². The lowest BCUT2D eigenvalue weighted by Gasteiger charge is -2.19. The van der Waals surface area contributed by atoms with E-state index in [1.807, 2.05) is 30.3 Å². The first-order valence-electron chi connectivity index (χ1n) is 8.32. The number of nitrogen functional groups attached to an aromatic ring is 1. The van der Waals surface area contributed by atoms with Crippen molar-refractivity contribution in [3.63, 3.8) is 0 Å². The van der Waals surface area contributed by atoms with Crippen LogP contribution in [0.3, 0.4) is 0 Å². The average Bonchev–Trinajstić information content (AvgIpc) is 3.00. The zero-order valence-corrected chi connectivity index (χ0v) is 15.9. The predicted octanol–water partition coefficient (Wildman–Crippen LogP) is 4.12. The summed E-state index contributed by atoms with van der Waals surface area (Å²) in [7, 11) is 0. The molecule has 0 aliphatic carbocycles. The fourth-order valence-corrected chi connectivity index (χ4v) is 3.37. The van der Waals surface area contributed by atoms with Crippen LogP contribution in [0.4, 0.5) is 0 Å². The van der Waals surface area contributed by atoms with Gasteiger partial charge in [0.1, 0.15) is 0 Å². The highest BCUT2D eigenvalue weighted by molar-refractivity contribution is 7.98. The minimum absolute atomic E-state index is 0.105. The lowest BCUT2D eigenvalue weighted by molar-refractivity contribution is 0.590. The molecule has 0 bridgehead atoms. The van der Waals surface area contributed by atoms with Crippen molar-refractivity contribution in [3.05, 3.63) is 65.2 Å². The number of aromatic nitrogens is 3. The van der Waals surface area contributed by atoms with E-state index >= 15 is 0 Å². The zero-order chi connectivity index (χ0) is 18.7. The third-order valence-corrected chi connectivity index (χ3v) is 5.11. The van der Waals surface area contributed by atoms with Gasteiger partial charge >= 0.3 is 0 Å². The summed E-state index contributed by atoms with van der Waals surface area (Å²) < 4.78 is 1.52. The summed E-state index contributed by atoms with van der Waals surface area (Å²) in [6.45, 7) is 6.55. The van der Waals surface area contributed by atoms with Gasteiger partial charge in [-0.3, -0.25) is 0 Å². The van der Waals surface area contributed by atoms with Gasteiger partial charge in [-0.05, 0) is 28.7 Å². The molecule has 132 valence electrons. The van der Waals surface area contributed by atoms with Crippen molar-refractivity contribution >= 4 is 11.8 Å². The first-order valence-corrected chi connectivity index (χ1v) is 9.30. The average molecular weight is 363 g/mol. The lowest BCUT2D eigenvalue weighted by atomic mass is 9.87. The topological polar surface area (TPSA) is 80.5 Å². The van der Waals surface area contributed by atoms with Crippen LogP contribution in [-0.4, -0.2) is 14.9 Å². The van der Waals surface area contributed by atoms with Crippen LogP contribution in [0.25, 0.3) is 11.4 Å². The fraction of sp³-hybridized carbons (Fsp3) is 0.250. The first kappa shape index (κ1) is 18.0. The molecule has 3 rings (SSSR count). The summed E-state index contributed by atoms with van der Waals surface area (Å²) in [5.41, 5.74) is 4.00. The number of hydrogen-bond acceptors (Lipinski definition) is 5. The summed E-state index contributed by atoms with van der Waals surface area (Å²) in [4.78, 5) is 0. The first-order chi connectivity index (χ1) is 12.4. The maximum absolute atomic E-state index is 8.99. The van der Waals surface area contributed by atoms with E-state index in [4.69, 9.17) is 11.1 Å². The second kappa shape index (κ2) is 7.22. The van der Waals surface area contributed by atoms with E-state index in [-0.39, 0.29) is 5.41 Å². The van der Waals surface area contributed by atoms with E-state index in [1.165, 1.54) is 22.0 Å². The Bertz CT molecular complexity index is 946. The predicted molar refractivity (Wildman–Crippen MR) is 105 cm³/mol. The smallest absolute Gasteiger partial charge is 0.210 e. The van der Waals surface area contributed by atoms with Crippen LogP contribution in [0, 0.1) is 11.3 Å². The minimum atomic E-state index is 0.105. The van der Waals surface area contributed by atoms with E-state index in [2.05, 4.69) is 49.2 Å². The highest BCUT2D eigenvalue weighted by atomic mass is 32.2. The van der Waals surface area contributed by atoms with Gasteiger partial charge in [0.25, 0.3) is 0 Å². The van der Waals surface area contributed by atoms with E-state index in [9.17, 15) is 0 Å². The van der Waals surface area contributed by atoms with E-state index in [1.54, 1.807) is 6.07 Å². The van der Waals surface area contributed by atoms with Gasteiger partial charge in [-0.25, -0.2) is 4.68 Å². The minimum Gasteiger partial charge on any atom is -0.335 e. The molecular formula is C20H21N5S. The molecule has 0 amide bonds. The fourth-order valence-electron chi connectivity index (χ4n) is 2.57. The summed E-state index contributed by atoms with van der Waals surface area (Å²) in [5.74, 6) is 7.51. The Kier molecular flexibility index (Phi) is 5.01. The molecule has 1 heterocycles. The molecule has 26 heavy (non-hydrogen) atoms. The molecule has 0 atom stereocenters. The Morgan fingerprint density at radius 3 is 2.50 bits per heavy atom. The molecule has 0 unspecified atom stereocenters. The Morgan fingerprint density at radius 2 is 1.85 bits per heavy atom. The molecule has 2 aromatic carbocycles. The van der Waals surface area contributed by atoms with E-state index < -0.39 is 0 Å². The largest absolute Gasteiger partial charge is 0.335 e. The van der Waals surface area contributed by atoms with Crippen LogP contribution in [0.1, 0.15) is 37.5 Å². The van der Waals surface area contributed by atoms with Gasteiger partial charge in [-0.15, -0.1) is 10.2 Å². The number of hydrogen-bond donors (Lipinski definition) is 1. The molecule has 1 aromatic heterocycles. The number of benzene rings is 2. The van der Waals surface area contributed by atoms with Crippen molar-refractivity contribution in [2.75, 3.05) is 5.84 Å². The molecule has 2 N–H and O–H groups in total. The van der Waals surface area contributed by atoms with Crippen LogP contribution in [-0.2, 0) is 11.2 Å². The Morgan fingerprint density at radius 1 is 1.12 bits per heavy atom. The summed E-state index contributed by atoms with van der Waals surface area (Å²) in [6.07, 6.45) is 0. The highest BCUT2D eigenvalue weighted by Crippen LogP contribution is 2.27. The maximum Gasteiger partial charge on any atom is 0.210 e. The molecule has 0 saturated carbocycles. The number of rotatable bonds is 4. The van der Waals surface area contributed by atoms with E-state index in [0.29, 0.717) is 22.3 Å². The van der Waals surface area contributed by atoms with Crippen molar-refractivity contribution in [1.82, 2.24) is 14.9 Å². The Labute approximate surface area is 157 Å². The third kappa shape index (κ3) is 3.89. The van der Waals surface area contributed by atoms with Gasteiger partial charge in [0.05, 0.1) is 11.6 Å². The van der Waals surface area contributed by atoms with Crippen molar-refractivity contribution in [1.29, 1.82) is 5.26 Å². The standard InChI is InChI=1S/C20H21N5S/c1-20(2,3)17-9-7-16(8-10-17)18-23-24-19(25(18)22)26-13-15-6-4-5-14(11-15)12-21/h4-11H,13,22H2,1-3H3. The van der Waals surface area contributed by atoms with Crippen LogP contribution >= 0.6 is 11.8 Å². The number of nitriles is 1. The molecular weight excluding hydrogens is 342 g/mol. The molecule has 0 aliphatic heterocycles. The summed E-state index contributed by atoms with van der Waals surface area (Å²) in [5, 5.41) is 18.1.